The largest absolute Gasteiger partial charge is 0.461 e. The van der Waals surface area contributed by atoms with Crippen molar-refractivity contribution in [1.29, 1.82) is 5.26 Å². The first-order valence-corrected chi connectivity index (χ1v) is 9.81. The summed E-state index contributed by atoms with van der Waals surface area (Å²) in [6, 6.07) is 18.4. The predicted octanol–water partition coefficient (Wildman–Crippen LogP) is 5.12. The van der Waals surface area contributed by atoms with Crippen LogP contribution in [0.4, 0.5) is 11.5 Å². The van der Waals surface area contributed by atoms with E-state index in [1.165, 1.54) is 6.26 Å². The molecule has 0 unspecified atom stereocenters. The fourth-order valence-electron chi connectivity index (χ4n) is 3.40. The maximum atomic E-state index is 12.6. The van der Waals surface area contributed by atoms with Gasteiger partial charge in [-0.2, -0.15) is 5.26 Å². The van der Waals surface area contributed by atoms with E-state index in [1.807, 2.05) is 44.2 Å². The number of nitrogens with one attached hydrogen (secondary N) is 1. The zero-order valence-corrected chi connectivity index (χ0v) is 17.2. The number of aryl methyl sites for hydroxylation is 2. The SMILES string of the molecule is Cc1cc(C(=O)c2ccco2)cc(C)c1Nc1ccnc(Cc2ccc(C#N)cc2)n1. The van der Waals surface area contributed by atoms with Crippen molar-refractivity contribution >= 4 is 17.3 Å². The molecule has 0 aliphatic rings. The Bertz CT molecular complexity index is 1250. The van der Waals surface area contributed by atoms with Crippen LogP contribution in [0.2, 0.25) is 0 Å². The van der Waals surface area contributed by atoms with Crippen molar-refractivity contribution in [1.82, 2.24) is 9.97 Å². The van der Waals surface area contributed by atoms with Crippen LogP contribution < -0.4 is 5.32 Å². The molecule has 0 aliphatic carbocycles. The number of hydrogen-bond acceptors (Lipinski definition) is 6. The molecule has 2 aromatic carbocycles. The van der Waals surface area contributed by atoms with E-state index in [9.17, 15) is 4.79 Å². The molecule has 6 heteroatoms. The number of furan rings is 1. The molecule has 6 nitrogen and oxygen atoms in total. The predicted molar refractivity (Wildman–Crippen MR) is 117 cm³/mol. The third-order valence-electron chi connectivity index (χ3n) is 4.94. The molecular weight excluding hydrogens is 388 g/mol. The zero-order chi connectivity index (χ0) is 21.8. The van der Waals surface area contributed by atoms with Crippen LogP contribution in [-0.4, -0.2) is 15.8 Å². The quantitative estimate of drug-likeness (QED) is 0.445. The second-order valence-corrected chi connectivity index (χ2v) is 7.26. The summed E-state index contributed by atoms with van der Waals surface area (Å²) in [5, 5.41) is 12.3. The number of hydrogen-bond donors (Lipinski definition) is 1. The van der Waals surface area contributed by atoms with Gasteiger partial charge in [-0.1, -0.05) is 12.1 Å². The van der Waals surface area contributed by atoms with E-state index in [-0.39, 0.29) is 5.78 Å². The number of benzene rings is 2. The van der Waals surface area contributed by atoms with Crippen molar-refractivity contribution in [2.75, 3.05) is 5.32 Å². The molecule has 4 aromatic rings. The van der Waals surface area contributed by atoms with Gasteiger partial charge in [0.05, 0.1) is 17.9 Å². The van der Waals surface area contributed by atoms with Crippen LogP contribution in [0, 0.1) is 25.2 Å². The Kier molecular flexibility index (Phi) is 5.59. The van der Waals surface area contributed by atoms with E-state index in [4.69, 9.17) is 9.68 Å². The molecule has 0 aliphatic heterocycles. The minimum atomic E-state index is -0.144. The fourth-order valence-corrected chi connectivity index (χ4v) is 3.40. The Morgan fingerprint density at radius 2 is 1.84 bits per heavy atom. The van der Waals surface area contributed by atoms with Crippen LogP contribution in [0.5, 0.6) is 0 Å². The number of nitrogens with zero attached hydrogens (tertiary/aromatic N) is 3. The van der Waals surface area contributed by atoms with Gasteiger partial charge in [0.2, 0.25) is 5.78 Å². The molecule has 2 aromatic heterocycles. The van der Waals surface area contributed by atoms with Crippen LogP contribution in [0.25, 0.3) is 0 Å². The van der Waals surface area contributed by atoms with Gasteiger partial charge in [0.15, 0.2) is 5.76 Å². The Labute approximate surface area is 180 Å². The van der Waals surface area contributed by atoms with Gasteiger partial charge in [-0.25, -0.2) is 9.97 Å². The van der Waals surface area contributed by atoms with Gasteiger partial charge in [-0.3, -0.25) is 4.79 Å². The second-order valence-electron chi connectivity index (χ2n) is 7.26. The maximum absolute atomic E-state index is 12.6. The van der Waals surface area contributed by atoms with Gasteiger partial charge in [0, 0.05) is 23.9 Å². The van der Waals surface area contributed by atoms with Crippen LogP contribution in [-0.2, 0) is 6.42 Å². The molecule has 0 saturated heterocycles. The molecule has 31 heavy (non-hydrogen) atoms. The minimum Gasteiger partial charge on any atom is -0.461 e. The van der Waals surface area contributed by atoms with Gasteiger partial charge >= 0.3 is 0 Å². The first-order valence-electron chi connectivity index (χ1n) is 9.81. The number of carbonyl (C=O) groups is 1. The van der Waals surface area contributed by atoms with Crippen LogP contribution in [0.15, 0.2) is 71.5 Å². The van der Waals surface area contributed by atoms with Crippen LogP contribution in [0.1, 0.15) is 44.2 Å². The maximum Gasteiger partial charge on any atom is 0.228 e. The van der Waals surface area contributed by atoms with Crippen molar-refractivity contribution in [3.8, 4) is 6.07 Å². The summed E-state index contributed by atoms with van der Waals surface area (Å²) in [6.45, 7) is 3.90. The fraction of sp³-hybridized carbons (Fsp3) is 0.120. The topological polar surface area (TPSA) is 91.8 Å². The van der Waals surface area contributed by atoms with Crippen molar-refractivity contribution < 1.29 is 9.21 Å². The zero-order valence-electron chi connectivity index (χ0n) is 17.2. The van der Waals surface area contributed by atoms with Crippen LogP contribution in [0.3, 0.4) is 0 Å². The smallest absolute Gasteiger partial charge is 0.228 e. The molecular formula is C25H20N4O2. The summed E-state index contributed by atoms with van der Waals surface area (Å²) < 4.78 is 5.23. The highest BCUT2D eigenvalue weighted by molar-refractivity contribution is 6.07. The average molecular weight is 408 g/mol. The summed E-state index contributed by atoms with van der Waals surface area (Å²) in [7, 11) is 0. The van der Waals surface area contributed by atoms with E-state index in [2.05, 4.69) is 21.4 Å². The lowest BCUT2D eigenvalue weighted by atomic mass is 10.0. The van der Waals surface area contributed by atoms with Crippen LogP contribution >= 0.6 is 0 Å². The van der Waals surface area contributed by atoms with Crippen molar-refractivity contribution in [3.63, 3.8) is 0 Å². The molecule has 0 saturated carbocycles. The highest BCUT2D eigenvalue weighted by Crippen LogP contribution is 2.26. The van der Waals surface area contributed by atoms with Crippen molar-refractivity contribution in [2.45, 2.75) is 20.3 Å². The number of aromatic nitrogens is 2. The summed E-state index contributed by atoms with van der Waals surface area (Å²) in [4.78, 5) is 21.6. The van der Waals surface area contributed by atoms with Crippen molar-refractivity contribution in [2.24, 2.45) is 0 Å². The Morgan fingerprint density at radius 3 is 2.48 bits per heavy atom. The standard InChI is InChI=1S/C25H20N4O2/c1-16-12-20(25(30)21-4-3-11-31-21)13-17(2)24(16)29-22-9-10-27-23(28-22)14-18-5-7-19(15-26)8-6-18/h3-13H,14H2,1-2H3,(H,27,28,29). The molecule has 0 amide bonds. The third-order valence-corrected chi connectivity index (χ3v) is 4.94. The van der Waals surface area contributed by atoms with E-state index < -0.39 is 0 Å². The first-order chi connectivity index (χ1) is 15.0. The lowest BCUT2D eigenvalue weighted by Gasteiger charge is -2.14. The Hall–Kier alpha value is -4.24. The number of nitriles is 1. The average Bonchev–Trinajstić information content (AvgIpc) is 3.31. The van der Waals surface area contributed by atoms with Gasteiger partial charge in [-0.15, -0.1) is 0 Å². The molecule has 0 spiro atoms. The Morgan fingerprint density at radius 1 is 1.10 bits per heavy atom. The minimum absolute atomic E-state index is 0.144. The summed E-state index contributed by atoms with van der Waals surface area (Å²) in [5.74, 6) is 1.53. The van der Waals surface area contributed by atoms with Gasteiger partial charge in [0.1, 0.15) is 11.6 Å². The van der Waals surface area contributed by atoms with E-state index in [0.29, 0.717) is 35.0 Å². The molecule has 1 N–H and O–H groups in total. The highest BCUT2D eigenvalue weighted by atomic mass is 16.3. The van der Waals surface area contributed by atoms with Gasteiger partial charge in [0.25, 0.3) is 0 Å². The monoisotopic (exact) mass is 408 g/mol. The summed E-state index contributed by atoms with van der Waals surface area (Å²) in [5.41, 5.74) is 5.01. The second kappa shape index (κ2) is 8.64. The van der Waals surface area contributed by atoms with E-state index >= 15 is 0 Å². The van der Waals surface area contributed by atoms with Gasteiger partial charge in [-0.05, 0) is 73.0 Å². The van der Waals surface area contributed by atoms with Gasteiger partial charge < -0.3 is 9.73 Å². The number of anilines is 2. The molecule has 4 rings (SSSR count). The summed E-state index contributed by atoms with van der Waals surface area (Å²) in [6.07, 6.45) is 3.77. The first kappa shape index (κ1) is 20.0. The molecule has 0 radical (unpaired) electrons. The van der Waals surface area contributed by atoms with E-state index in [0.717, 1.165) is 22.4 Å². The Balaban J connectivity index is 1.54. The van der Waals surface area contributed by atoms with E-state index in [1.54, 1.807) is 30.5 Å². The third kappa shape index (κ3) is 4.51. The number of carbonyl (C=O) groups excluding carboxylic acids is 1. The number of rotatable bonds is 6. The molecule has 2 heterocycles. The molecule has 152 valence electrons. The molecule has 0 bridgehead atoms. The molecule has 0 atom stereocenters. The molecule has 0 fully saturated rings. The highest BCUT2D eigenvalue weighted by Gasteiger charge is 2.15. The normalized spacial score (nSPS) is 10.5. The lowest BCUT2D eigenvalue weighted by Crippen LogP contribution is -2.05. The lowest BCUT2D eigenvalue weighted by molar-refractivity contribution is 0.101. The number of ketones is 1. The summed E-state index contributed by atoms with van der Waals surface area (Å²) >= 11 is 0. The van der Waals surface area contributed by atoms with Crippen molar-refractivity contribution in [3.05, 3.63) is 106 Å².